The van der Waals surface area contributed by atoms with Crippen molar-refractivity contribution >= 4 is 43.2 Å². The number of nitrogens with two attached hydrogens (primary N) is 1. The van der Waals surface area contributed by atoms with E-state index in [1.165, 1.54) is 18.6 Å². The van der Waals surface area contributed by atoms with Gasteiger partial charge in [0.05, 0.1) is 9.37 Å². The number of anilines is 1. The number of hydrogen-bond donors (Lipinski definition) is 2. The normalized spacial score (nSPS) is 23.2. The van der Waals surface area contributed by atoms with Gasteiger partial charge in [0.15, 0.2) is 0 Å². The largest absolute Gasteiger partial charge is 0.398 e. The molecule has 2 unspecified atom stereocenters. The van der Waals surface area contributed by atoms with Crippen LogP contribution in [0.2, 0.25) is 5.02 Å². The fourth-order valence-corrected chi connectivity index (χ4v) is 5.53. The average Bonchev–Trinajstić information content (AvgIpc) is 2.43. The number of benzene rings is 1. The monoisotopic (exact) mass is 394 g/mol. The number of sulfonamides is 1. The third-order valence-electron chi connectivity index (χ3n) is 4.06. The standard InChI is InChI=1S/C14H20BrClN2O2S/c1-2-9-5-3-4-6-12(9)18-21(19,20)13-8-10(16)7-11(17)14(13)15/h7-9,12,18H,2-6,17H2,1H3. The van der Waals surface area contributed by atoms with Gasteiger partial charge < -0.3 is 5.73 Å². The molecule has 21 heavy (non-hydrogen) atoms. The molecule has 118 valence electrons. The van der Waals surface area contributed by atoms with E-state index in [0.29, 0.717) is 21.1 Å². The number of hydrogen-bond acceptors (Lipinski definition) is 3. The van der Waals surface area contributed by atoms with E-state index in [2.05, 4.69) is 27.6 Å². The Morgan fingerprint density at radius 3 is 2.71 bits per heavy atom. The smallest absolute Gasteiger partial charge is 0.242 e. The summed E-state index contributed by atoms with van der Waals surface area (Å²) in [7, 11) is -3.64. The van der Waals surface area contributed by atoms with Gasteiger partial charge in [-0.3, -0.25) is 0 Å². The Balaban J connectivity index is 2.30. The highest BCUT2D eigenvalue weighted by Gasteiger charge is 2.29. The first-order chi connectivity index (χ1) is 9.85. The van der Waals surface area contributed by atoms with Gasteiger partial charge in [-0.05, 0) is 46.8 Å². The molecule has 1 aliphatic carbocycles. The van der Waals surface area contributed by atoms with Crippen molar-refractivity contribution in [2.45, 2.75) is 50.0 Å². The van der Waals surface area contributed by atoms with Gasteiger partial charge in [-0.1, -0.05) is 37.8 Å². The molecule has 0 radical (unpaired) electrons. The first kappa shape index (κ1) is 17.1. The van der Waals surface area contributed by atoms with Gasteiger partial charge >= 0.3 is 0 Å². The Bertz CT molecular complexity index is 622. The minimum Gasteiger partial charge on any atom is -0.398 e. The lowest BCUT2D eigenvalue weighted by Gasteiger charge is -2.31. The first-order valence-electron chi connectivity index (χ1n) is 7.12. The molecule has 3 N–H and O–H groups in total. The molecule has 0 amide bonds. The van der Waals surface area contributed by atoms with E-state index in [0.717, 1.165) is 25.7 Å². The molecule has 1 aromatic carbocycles. The Kier molecular flexibility index (Phi) is 5.57. The third kappa shape index (κ3) is 3.92. The number of rotatable bonds is 4. The number of nitrogen functional groups attached to an aromatic ring is 1. The van der Waals surface area contributed by atoms with Crippen LogP contribution in [0.1, 0.15) is 39.0 Å². The highest BCUT2D eigenvalue weighted by Crippen LogP contribution is 2.33. The summed E-state index contributed by atoms with van der Waals surface area (Å²) in [6.45, 7) is 2.10. The second-order valence-corrected chi connectivity index (χ2v) is 8.40. The molecule has 1 fully saturated rings. The molecule has 2 rings (SSSR count). The van der Waals surface area contributed by atoms with E-state index in [9.17, 15) is 8.42 Å². The van der Waals surface area contributed by atoms with Gasteiger partial charge in [0.2, 0.25) is 10.0 Å². The van der Waals surface area contributed by atoms with E-state index in [1.54, 1.807) is 0 Å². The van der Waals surface area contributed by atoms with Crippen molar-refractivity contribution in [1.82, 2.24) is 4.72 Å². The second kappa shape index (κ2) is 6.86. The topological polar surface area (TPSA) is 72.2 Å². The molecule has 0 spiro atoms. The molecule has 0 aromatic heterocycles. The summed E-state index contributed by atoms with van der Waals surface area (Å²) in [4.78, 5) is 0.105. The molecule has 2 atom stereocenters. The van der Waals surface area contributed by atoms with Gasteiger partial charge in [-0.25, -0.2) is 13.1 Å². The highest BCUT2D eigenvalue weighted by molar-refractivity contribution is 9.10. The maximum atomic E-state index is 12.6. The molecular formula is C14H20BrClN2O2S. The van der Waals surface area contributed by atoms with Crippen LogP contribution >= 0.6 is 27.5 Å². The summed E-state index contributed by atoms with van der Waals surface area (Å²) in [5, 5.41) is 0.312. The van der Waals surface area contributed by atoms with Crippen LogP contribution in [0.5, 0.6) is 0 Å². The average molecular weight is 396 g/mol. The fourth-order valence-electron chi connectivity index (χ4n) is 2.89. The van der Waals surface area contributed by atoms with Gasteiger partial charge in [-0.15, -0.1) is 0 Å². The van der Waals surface area contributed by atoms with Crippen molar-refractivity contribution in [2.75, 3.05) is 5.73 Å². The van der Waals surface area contributed by atoms with Gasteiger partial charge in [0.1, 0.15) is 0 Å². The molecular weight excluding hydrogens is 376 g/mol. The molecule has 1 aliphatic rings. The lowest BCUT2D eigenvalue weighted by molar-refractivity contribution is 0.282. The molecule has 0 heterocycles. The molecule has 0 aliphatic heterocycles. The minimum atomic E-state index is -3.64. The van der Waals surface area contributed by atoms with Crippen molar-refractivity contribution in [3.63, 3.8) is 0 Å². The first-order valence-corrected chi connectivity index (χ1v) is 9.77. The van der Waals surface area contributed by atoms with Crippen molar-refractivity contribution in [3.8, 4) is 0 Å². The van der Waals surface area contributed by atoms with E-state index in [-0.39, 0.29) is 10.9 Å². The lowest BCUT2D eigenvalue weighted by Crippen LogP contribution is -2.41. The summed E-state index contributed by atoms with van der Waals surface area (Å²) in [6.07, 6.45) is 5.16. The predicted octanol–water partition coefficient (Wildman–Crippen LogP) is 3.93. The van der Waals surface area contributed by atoms with Crippen molar-refractivity contribution in [1.29, 1.82) is 0 Å². The predicted molar refractivity (Wildman–Crippen MR) is 89.9 cm³/mol. The van der Waals surface area contributed by atoms with E-state index in [1.807, 2.05) is 0 Å². The summed E-state index contributed by atoms with van der Waals surface area (Å²) >= 11 is 9.18. The van der Waals surface area contributed by atoms with Crippen molar-refractivity contribution < 1.29 is 8.42 Å². The summed E-state index contributed by atoms with van der Waals surface area (Å²) in [6, 6.07) is 2.94. The van der Waals surface area contributed by atoms with Crippen LogP contribution in [0, 0.1) is 5.92 Å². The van der Waals surface area contributed by atoms with E-state index >= 15 is 0 Å². The minimum absolute atomic E-state index is 0.0131. The number of nitrogens with one attached hydrogen (secondary N) is 1. The quantitative estimate of drug-likeness (QED) is 0.759. The molecule has 0 bridgehead atoms. The highest BCUT2D eigenvalue weighted by atomic mass is 79.9. The zero-order valence-electron chi connectivity index (χ0n) is 11.9. The van der Waals surface area contributed by atoms with Crippen LogP contribution in [-0.2, 0) is 10.0 Å². The second-order valence-electron chi connectivity index (χ2n) is 5.49. The summed E-state index contributed by atoms with van der Waals surface area (Å²) in [5.74, 6) is 0.392. The van der Waals surface area contributed by atoms with Crippen LogP contribution in [0.3, 0.4) is 0 Å². The lowest BCUT2D eigenvalue weighted by atomic mass is 9.83. The van der Waals surface area contributed by atoms with Crippen LogP contribution in [0.4, 0.5) is 5.69 Å². The van der Waals surface area contributed by atoms with Gasteiger partial charge in [0, 0.05) is 16.8 Å². The zero-order valence-corrected chi connectivity index (χ0v) is 15.1. The van der Waals surface area contributed by atoms with Crippen molar-refractivity contribution in [2.24, 2.45) is 5.92 Å². The Hall–Kier alpha value is -0.300. The number of halogens is 2. The zero-order chi connectivity index (χ0) is 15.6. The maximum absolute atomic E-state index is 12.6. The Morgan fingerprint density at radius 2 is 2.05 bits per heavy atom. The maximum Gasteiger partial charge on any atom is 0.242 e. The third-order valence-corrected chi connectivity index (χ3v) is 6.94. The summed E-state index contributed by atoms with van der Waals surface area (Å²) in [5.41, 5.74) is 6.10. The Morgan fingerprint density at radius 1 is 1.38 bits per heavy atom. The molecule has 7 heteroatoms. The van der Waals surface area contributed by atoms with Crippen molar-refractivity contribution in [3.05, 3.63) is 21.6 Å². The fraction of sp³-hybridized carbons (Fsp3) is 0.571. The van der Waals surface area contributed by atoms with Gasteiger partial charge in [-0.2, -0.15) is 0 Å². The molecule has 1 saturated carbocycles. The molecule has 4 nitrogen and oxygen atoms in total. The van der Waals surface area contributed by atoms with Gasteiger partial charge in [0.25, 0.3) is 0 Å². The van der Waals surface area contributed by atoms with Crippen LogP contribution < -0.4 is 10.5 Å². The molecule has 1 aromatic rings. The summed E-state index contributed by atoms with van der Waals surface area (Å²) < 4.78 is 28.5. The molecule has 0 saturated heterocycles. The van der Waals surface area contributed by atoms with E-state index in [4.69, 9.17) is 17.3 Å². The SMILES string of the molecule is CCC1CCCCC1NS(=O)(=O)c1cc(Cl)cc(N)c1Br. The van der Waals surface area contributed by atoms with Crippen LogP contribution in [-0.4, -0.2) is 14.5 Å². The Labute approximate surface area is 139 Å². The van der Waals surface area contributed by atoms with E-state index < -0.39 is 10.0 Å². The van der Waals surface area contributed by atoms with Crippen LogP contribution in [0.15, 0.2) is 21.5 Å². The van der Waals surface area contributed by atoms with Crippen LogP contribution in [0.25, 0.3) is 0 Å².